The third kappa shape index (κ3) is 2.98. The van der Waals surface area contributed by atoms with Crippen LogP contribution in [0.1, 0.15) is 65.6 Å². The number of nitrogens with one attached hydrogen (secondary N) is 1. The summed E-state index contributed by atoms with van der Waals surface area (Å²) >= 11 is 0. The number of fused-ring (bicyclic) bond motifs is 5. The van der Waals surface area contributed by atoms with Crippen LogP contribution in [-0.4, -0.2) is 39.2 Å². The van der Waals surface area contributed by atoms with E-state index in [1.165, 1.54) is 6.07 Å². The van der Waals surface area contributed by atoms with Crippen LogP contribution in [-0.2, 0) is 44.2 Å². The Labute approximate surface area is 216 Å². The van der Waals surface area contributed by atoms with Crippen molar-refractivity contribution in [2.24, 2.45) is 0 Å². The summed E-state index contributed by atoms with van der Waals surface area (Å²) in [6.45, 7) is 3.94. The molecule has 2 N–H and O–H groups in total. The number of amides is 1. The Morgan fingerprint density at radius 1 is 1.26 bits per heavy atom. The van der Waals surface area contributed by atoms with Gasteiger partial charge >= 0.3 is 5.97 Å². The molecule has 38 heavy (non-hydrogen) atoms. The van der Waals surface area contributed by atoms with Gasteiger partial charge in [-0.15, -0.1) is 0 Å². The Kier molecular flexibility index (Phi) is 4.91. The standard InChI is InChI=1S/C28H26FN3O6/c1-3-28(36)16-8-20-24-14(10-32(20)26(34)15(16)11-38-27(28)35)23-18(31-25(33)21-6-7-37-21)5-4-13-12(2)17(29)9-19(30-24)22(13)23/h8-9,18,21,36H,3-7,10-11H2,1-2H3,(H,31,33)/t18-,21?,28-/m0/s1. The van der Waals surface area contributed by atoms with E-state index in [2.05, 4.69) is 5.32 Å². The van der Waals surface area contributed by atoms with Crippen molar-refractivity contribution in [1.29, 1.82) is 0 Å². The zero-order chi connectivity index (χ0) is 26.5. The minimum atomic E-state index is -1.94. The van der Waals surface area contributed by atoms with Crippen molar-refractivity contribution in [1.82, 2.24) is 14.9 Å². The molecular weight excluding hydrogens is 493 g/mol. The topological polar surface area (TPSA) is 120 Å². The van der Waals surface area contributed by atoms with Crippen molar-refractivity contribution >= 4 is 22.8 Å². The molecule has 196 valence electrons. The maximum absolute atomic E-state index is 15.0. The second-order valence-electron chi connectivity index (χ2n) is 10.6. The number of hydrogen-bond donors (Lipinski definition) is 2. The molecule has 5 heterocycles. The lowest BCUT2D eigenvalue weighted by Crippen LogP contribution is -2.45. The Hall–Kier alpha value is -3.63. The summed E-state index contributed by atoms with van der Waals surface area (Å²) in [5.41, 5.74) is 2.55. The Morgan fingerprint density at radius 2 is 2.05 bits per heavy atom. The number of aliphatic hydroxyl groups is 1. The van der Waals surface area contributed by atoms with Crippen LogP contribution in [0.4, 0.5) is 4.39 Å². The second-order valence-corrected chi connectivity index (χ2v) is 10.6. The van der Waals surface area contributed by atoms with Gasteiger partial charge in [0.05, 0.1) is 41.7 Å². The molecule has 1 fully saturated rings. The number of aromatic nitrogens is 2. The third-order valence-corrected chi connectivity index (χ3v) is 8.69. The zero-order valence-electron chi connectivity index (χ0n) is 21.0. The van der Waals surface area contributed by atoms with Gasteiger partial charge in [0.2, 0.25) is 5.91 Å². The van der Waals surface area contributed by atoms with E-state index >= 15 is 0 Å². The smallest absolute Gasteiger partial charge is 0.343 e. The summed E-state index contributed by atoms with van der Waals surface area (Å²) in [5.74, 6) is -1.34. The van der Waals surface area contributed by atoms with E-state index in [-0.39, 0.29) is 54.0 Å². The first-order valence-electron chi connectivity index (χ1n) is 13.0. The first kappa shape index (κ1) is 23.5. The van der Waals surface area contributed by atoms with Gasteiger partial charge in [0.15, 0.2) is 5.60 Å². The number of hydrogen-bond acceptors (Lipinski definition) is 7. The Bertz CT molecular complexity index is 1660. The van der Waals surface area contributed by atoms with Crippen LogP contribution in [0.25, 0.3) is 22.3 Å². The monoisotopic (exact) mass is 519 g/mol. The van der Waals surface area contributed by atoms with Gasteiger partial charge < -0.3 is 24.5 Å². The van der Waals surface area contributed by atoms with Crippen LogP contribution in [0.15, 0.2) is 16.9 Å². The normalized spacial score (nSPS) is 24.8. The third-order valence-electron chi connectivity index (χ3n) is 8.69. The van der Waals surface area contributed by atoms with Crippen molar-refractivity contribution < 1.29 is 28.6 Å². The first-order valence-corrected chi connectivity index (χ1v) is 13.0. The summed E-state index contributed by atoms with van der Waals surface area (Å²) in [4.78, 5) is 43.9. The zero-order valence-corrected chi connectivity index (χ0v) is 21.0. The highest BCUT2D eigenvalue weighted by atomic mass is 19.1. The molecule has 0 bridgehead atoms. The quantitative estimate of drug-likeness (QED) is 0.399. The van der Waals surface area contributed by atoms with Crippen LogP contribution < -0.4 is 10.9 Å². The Morgan fingerprint density at radius 3 is 2.76 bits per heavy atom. The summed E-state index contributed by atoms with van der Waals surface area (Å²) in [5, 5.41) is 15.1. The van der Waals surface area contributed by atoms with Gasteiger partial charge in [-0.1, -0.05) is 6.92 Å². The molecule has 0 saturated carbocycles. The number of ether oxygens (including phenoxy) is 2. The lowest BCUT2D eigenvalue weighted by atomic mass is 9.81. The largest absolute Gasteiger partial charge is 0.458 e. The van der Waals surface area contributed by atoms with Gasteiger partial charge in [0.1, 0.15) is 18.5 Å². The molecule has 0 radical (unpaired) electrons. The number of carbonyl (C=O) groups is 2. The highest BCUT2D eigenvalue weighted by Crippen LogP contribution is 2.46. The fourth-order valence-corrected chi connectivity index (χ4v) is 6.41. The van der Waals surface area contributed by atoms with E-state index in [1.807, 2.05) is 0 Å². The second kappa shape index (κ2) is 7.94. The molecule has 10 heteroatoms. The van der Waals surface area contributed by atoms with E-state index in [4.69, 9.17) is 14.5 Å². The van der Waals surface area contributed by atoms with Crippen LogP contribution >= 0.6 is 0 Å². The molecule has 1 aliphatic carbocycles. The van der Waals surface area contributed by atoms with E-state index in [9.17, 15) is 23.9 Å². The maximum Gasteiger partial charge on any atom is 0.343 e. The average molecular weight is 520 g/mol. The average Bonchev–Trinajstić information content (AvgIpc) is 3.23. The van der Waals surface area contributed by atoms with Gasteiger partial charge in [-0.25, -0.2) is 14.2 Å². The molecule has 3 aliphatic heterocycles. The Balaban J connectivity index is 1.48. The molecule has 0 spiro atoms. The fraction of sp³-hybridized carbons (Fsp3) is 0.429. The highest BCUT2D eigenvalue weighted by molar-refractivity contribution is 5.94. The lowest BCUT2D eigenvalue weighted by Gasteiger charge is -2.32. The minimum absolute atomic E-state index is 0.0379. The number of esters is 1. The number of rotatable bonds is 3. The van der Waals surface area contributed by atoms with Gasteiger partial charge in [-0.05, 0) is 48.9 Å². The van der Waals surface area contributed by atoms with Crippen molar-refractivity contribution in [2.75, 3.05) is 6.61 Å². The lowest BCUT2D eigenvalue weighted by molar-refractivity contribution is -0.172. The van der Waals surface area contributed by atoms with E-state index in [0.29, 0.717) is 48.3 Å². The van der Waals surface area contributed by atoms with Crippen LogP contribution in [0, 0.1) is 12.7 Å². The number of carbonyl (C=O) groups excluding carboxylic acids is 2. The summed E-state index contributed by atoms with van der Waals surface area (Å²) in [6, 6.07) is 2.68. The van der Waals surface area contributed by atoms with Crippen LogP contribution in [0.2, 0.25) is 0 Å². The van der Waals surface area contributed by atoms with Crippen LogP contribution in [0.3, 0.4) is 0 Å². The van der Waals surface area contributed by atoms with Gasteiger partial charge in [0, 0.05) is 29.0 Å². The number of cyclic esters (lactones) is 1. The van der Waals surface area contributed by atoms with Gasteiger partial charge in [-0.3, -0.25) is 9.59 Å². The van der Waals surface area contributed by atoms with Gasteiger partial charge in [0.25, 0.3) is 5.56 Å². The van der Waals surface area contributed by atoms with E-state index in [0.717, 1.165) is 22.1 Å². The maximum atomic E-state index is 15.0. The summed E-state index contributed by atoms with van der Waals surface area (Å²) in [6.07, 6.45) is 1.37. The number of nitrogens with zero attached hydrogens (tertiary/aromatic N) is 2. The molecule has 3 atom stereocenters. The predicted octanol–water partition coefficient (Wildman–Crippen LogP) is 2.42. The molecule has 1 saturated heterocycles. The molecule has 2 aromatic heterocycles. The minimum Gasteiger partial charge on any atom is -0.458 e. The molecule has 1 amide bonds. The number of benzene rings is 1. The molecule has 4 aliphatic rings. The van der Waals surface area contributed by atoms with Crippen molar-refractivity contribution in [3.05, 3.63) is 61.7 Å². The van der Waals surface area contributed by atoms with E-state index in [1.54, 1.807) is 24.5 Å². The molecular formula is C28H26FN3O6. The van der Waals surface area contributed by atoms with Crippen molar-refractivity contribution in [2.45, 2.75) is 70.4 Å². The van der Waals surface area contributed by atoms with E-state index < -0.39 is 17.7 Å². The van der Waals surface area contributed by atoms with Crippen LogP contribution in [0.5, 0.6) is 0 Å². The predicted molar refractivity (Wildman–Crippen MR) is 133 cm³/mol. The molecule has 1 aromatic carbocycles. The number of halogens is 1. The van der Waals surface area contributed by atoms with Gasteiger partial charge in [-0.2, -0.15) is 0 Å². The van der Waals surface area contributed by atoms with Crippen molar-refractivity contribution in [3.63, 3.8) is 0 Å². The molecule has 3 aromatic rings. The first-order chi connectivity index (χ1) is 18.2. The summed E-state index contributed by atoms with van der Waals surface area (Å²) < 4.78 is 27.1. The molecule has 1 unspecified atom stereocenters. The number of pyridine rings is 2. The molecule has 9 nitrogen and oxygen atoms in total. The summed E-state index contributed by atoms with van der Waals surface area (Å²) in [7, 11) is 0. The van der Waals surface area contributed by atoms with Crippen molar-refractivity contribution in [3.8, 4) is 11.4 Å². The molecule has 7 rings (SSSR count). The number of aryl methyl sites for hydroxylation is 1. The fourth-order valence-electron chi connectivity index (χ4n) is 6.41. The SMILES string of the molecule is CC[C@@]1(O)C(=O)OCc2c1cc1n(c2=O)Cc2c-1nc1cc(F)c(C)c3c1c2[C@@H](NC(=O)C1CCO1)CC3. The highest BCUT2D eigenvalue weighted by Gasteiger charge is 2.46.